The number of aromatic amines is 1. The van der Waals surface area contributed by atoms with Crippen LogP contribution in [0.25, 0.3) is 11.4 Å². The fraction of sp³-hybridized carbons (Fsp3) is 0.348. The molecular weight excluding hydrogens is 444 g/mol. The van der Waals surface area contributed by atoms with Gasteiger partial charge in [0, 0.05) is 42.5 Å². The minimum Gasteiger partial charge on any atom is -0.325 e. The van der Waals surface area contributed by atoms with E-state index in [0.29, 0.717) is 23.0 Å². The van der Waals surface area contributed by atoms with Gasteiger partial charge >= 0.3 is 0 Å². The second-order valence-corrected chi connectivity index (χ2v) is 8.69. The highest BCUT2D eigenvalue weighted by atomic mass is 35.5. The Hall–Kier alpha value is -2.52. The average molecular weight is 471 g/mol. The van der Waals surface area contributed by atoms with Crippen molar-refractivity contribution in [1.29, 1.82) is 0 Å². The molecule has 4 rings (SSSR count). The zero-order chi connectivity index (χ0) is 22.5. The van der Waals surface area contributed by atoms with E-state index in [1.807, 2.05) is 53.2 Å². The van der Waals surface area contributed by atoms with E-state index in [1.54, 1.807) is 0 Å². The van der Waals surface area contributed by atoms with Crippen molar-refractivity contribution >= 4 is 35.4 Å². The van der Waals surface area contributed by atoms with Gasteiger partial charge in [-0.2, -0.15) is 4.98 Å². The van der Waals surface area contributed by atoms with Crippen LogP contribution in [0.15, 0.2) is 48.5 Å². The van der Waals surface area contributed by atoms with Crippen molar-refractivity contribution < 1.29 is 4.79 Å². The van der Waals surface area contributed by atoms with Gasteiger partial charge in [0.25, 0.3) is 0 Å². The molecule has 0 radical (unpaired) electrons. The molecule has 1 aliphatic heterocycles. The molecule has 1 aromatic heterocycles. The number of halogens is 1. The second kappa shape index (κ2) is 10.4. The van der Waals surface area contributed by atoms with Gasteiger partial charge in [0.1, 0.15) is 0 Å². The molecule has 0 aliphatic carbocycles. The molecule has 0 atom stereocenters. The number of piperazine rings is 1. The Bertz CT molecular complexity index is 1120. The zero-order valence-electron chi connectivity index (χ0n) is 18.1. The largest absolute Gasteiger partial charge is 0.325 e. The lowest BCUT2D eigenvalue weighted by Gasteiger charge is -2.34. The number of rotatable bonds is 7. The summed E-state index contributed by atoms with van der Waals surface area (Å²) in [5, 5.41) is 7.03. The van der Waals surface area contributed by atoms with Crippen LogP contribution >= 0.6 is 23.8 Å². The van der Waals surface area contributed by atoms with Crippen LogP contribution in [0, 0.1) is 4.77 Å². The van der Waals surface area contributed by atoms with E-state index in [0.717, 1.165) is 55.2 Å². The van der Waals surface area contributed by atoms with E-state index in [-0.39, 0.29) is 5.91 Å². The van der Waals surface area contributed by atoms with Crippen LogP contribution in [-0.2, 0) is 17.9 Å². The number of carbonyl (C=O) groups excluding carboxylic acids is 1. The molecular formula is C23H27ClN6OS. The van der Waals surface area contributed by atoms with Crippen molar-refractivity contribution in [3.05, 3.63) is 63.9 Å². The van der Waals surface area contributed by atoms with Crippen LogP contribution in [0.2, 0.25) is 5.02 Å². The fourth-order valence-electron chi connectivity index (χ4n) is 3.82. The number of amides is 1. The van der Waals surface area contributed by atoms with Crippen LogP contribution in [0.4, 0.5) is 5.69 Å². The lowest BCUT2D eigenvalue weighted by atomic mass is 10.1. The standard InChI is InChI=1S/C23H27ClN6OS/c1-2-17-5-3-4-6-20(17)25-21(31)15-28-11-13-29(14-12-28)16-30-23(32)26-22(27-30)18-7-9-19(24)10-8-18/h3-10H,2,11-16H2,1H3,(H,25,31)(H,26,27,32). The molecule has 1 fully saturated rings. The van der Waals surface area contributed by atoms with E-state index in [4.69, 9.17) is 23.8 Å². The first kappa shape index (κ1) is 22.7. The Kier molecular flexibility index (Phi) is 7.36. The van der Waals surface area contributed by atoms with Gasteiger partial charge in [-0.25, -0.2) is 4.68 Å². The fourth-order valence-corrected chi connectivity index (χ4v) is 4.14. The normalized spacial score (nSPS) is 15.1. The maximum absolute atomic E-state index is 12.5. The Balaban J connectivity index is 1.28. The molecule has 1 amide bonds. The topological polar surface area (TPSA) is 69.2 Å². The molecule has 0 saturated carbocycles. The number of benzene rings is 2. The predicted octanol–water partition coefficient (Wildman–Crippen LogP) is 4.04. The maximum Gasteiger partial charge on any atom is 0.238 e. The summed E-state index contributed by atoms with van der Waals surface area (Å²) in [6.07, 6.45) is 0.894. The van der Waals surface area contributed by atoms with Gasteiger partial charge in [0.2, 0.25) is 10.7 Å². The van der Waals surface area contributed by atoms with E-state index < -0.39 is 0 Å². The minimum absolute atomic E-state index is 0.0303. The van der Waals surface area contributed by atoms with Gasteiger partial charge in [0.15, 0.2) is 5.82 Å². The number of anilines is 1. The molecule has 0 spiro atoms. The number of hydrogen-bond acceptors (Lipinski definition) is 5. The molecule has 168 valence electrons. The highest BCUT2D eigenvalue weighted by Gasteiger charge is 2.20. The molecule has 0 bridgehead atoms. The first-order valence-electron chi connectivity index (χ1n) is 10.8. The molecule has 1 aliphatic rings. The van der Waals surface area contributed by atoms with Crippen molar-refractivity contribution in [3.8, 4) is 11.4 Å². The molecule has 32 heavy (non-hydrogen) atoms. The molecule has 0 unspecified atom stereocenters. The highest BCUT2D eigenvalue weighted by Crippen LogP contribution is 2.18. The zero-order valence-corrected chi connectivity index (χ0v) is 19.6. The van der Waals surface area contributed by atoms with Crippen molar-refractivity contribution in [2.24, 2.45) is 0 Å². The SMILES string of the molecule is CCc1ccccc1NC(=O)CN1CCN(Cn2[nH]c(-c3ccc(Cl)cc3)nc2=S)CC1. The Morgan fingerprint density at radius 1 is 1.09 bits per heavy atom. The van der Waals surface area contributed by atoms with E-state index in [9.17, 15) is 4.79 Å². The van der Waals surface area contributed by atoms with Gasteiger partial charge in [-0.15, -0.1) is 0 Å². The van der Waals surface area contributed by atoms with Crippen molar-refractivity contribution in [1.82, 2.24) is 24.6 Å². The molecule has 1 saturated heterocycles. The summed E-state index contributed by atoms with van der Waals surface area (Å²) >= 11 is 11.4. The summed E-state index contributed by atoms with van der Waals surface area (Å²) in [6, 6.07) is 15.5. The lowest BCUT2D eigenvalue weighted by Crippen LogP contribution is -2.49. The molecule has 2 aromatic carbocycles. The highest BCUT2D eigenvalue weighted by molar-refractivity contribution is 7.71. The average Bonchev–Trinajstić information content (AvgIpc) is 3.16. The summed E-state index contributed by atoms with van der Waals surface area (Å²) in [6.45, 7) is 6.50. The molecule has 3 aromatic rings. The van der Waals surface area contributed by atoms with Gasteiger partial charge in [-0.05, 0) is 54.5 Å². The number of aromatic nitrogens is 3. The van der Waals surface area contributed by atoms with Crippen LogP contribution in [-0.4, -0.2) is 63.2 Å². The molecule has 9 heteroatoms. The summed E-state index contributed by atoms with van der Waals surface area (Å²) in [5.74, 6) is 0.761. The third-order valence-corrected chi connectivity index (χ3v) is 6.21. The summed E-state index contributed by atoms with van der Waals surface area (Å²) in [5.41, 5.74) is 3.00. The first-order chi connectivity index (χ1) is 15.5. The third kappa shape index (κ3) is 5.63. The third-order valence-electron chi connectivity index (χ3n) is 5.64. The van der Waals surface area contributed by atoms with Gasteiger partial charge in [0.05, 0.1) is 13.2 Å². The Labute approximate surface area is 198 Å². The lowest BCUT2D eigenvalue weighted by molar-refractivity contribution is -0.117. The molecule has 7 nitrogen and oxygen atoms in total. The Morgan fingerprint density at radius 3 is 2.50 bits per heavy atom. The number of H-pyrrole nitrogens is 1. The Morgan fingerprint density at radius 2 is 1.78 bits per heavy atom. The number of aryl methyl sites for hydroxylation is 1. The van der Waals surface area contributed by atoms with Crippen LogP contribution in [0.1, 0.15) is 12.5 Å². The quantitative estimate of drug-likeness (QED) is 0.510. The van der Waals surface area contributed by atoms with Crippen molar-refractivity contribution in [3.63, 3.8) is 0 Å². The summed E-state index contributed by atoms with van der Waals surface area (Å²) < 4.78 is 2.40. The number of para-hydroxylation sites is 1. The van der Waals surface area contributed by atoms with E-state index in [1.165, 1.54) is 0 Å². The van der Waals surface area contributed by atoms with Crippen LogP contribution in [0.3, 0.4) is 0 Å². The number of nitrogens with zero attached hydrogens (tertiary/aromatic N) is 4. The predicted molar refractivity (Wildman–Crippen MR) is 130 cm³/mol. The second-order valence-electron chi connectivity index (χ2n) is 7.88. The molecule has 2 heterocycles. The number of nitrogens with one attached hydrogen (secondary N) is 2. The summed E-state index contributed by atoms with van der Waals surface area (Å²) in [4.78, 5) is 21.5. The first-order valence-corrected chi connectivity index (χ1v) is 11.6. The number of carbonyl (C=O) groups is 1. The van der Waals surface area contributed by atoms with Gasteiger partial charge in [-0.3, -0.25) is 19.7 Å². The van der Waals surface area contributed by atoms with Crippen LogP contribution in [0.5, 0.6) is 0 Å². The van der Waals surface area contributed by atoms with Gasteiger partial charge in [-0.1, -0.05) is 36.7 Å². The summed E-state index contributed by atoms with van der Waals surface area (Å²) in [7, 11) is 0. The van der Waals surface area contributed by atoms with Crippen LogP contribution < -0.4 is 5.32 Å². The number of hydrogen-bond donors (Lipinski definition) is 2. The monoisotopic (exact) mass is 470 g/mol. The van der Waals surface area contributed by atoms with Crippen molar-refractivity contribution in [2.75, 3.05) is 38.0 Å². The smallest absolute Gasteiger partial charge is 0.238 e. The minimum atomic E-state index is 0.0303. The van der Waals surface area contributed by atoms with E-state index >= 15 is 0 Å². The van der Waals surface area contributed by atoms with E-state index in [2.05, 4.69) is 32.1 Å². The molecule has 2 N–H and O–H groups in total. The maximum atomic E-state index is 12.5. The van der Waals surface area contributed by atoms with Gasteiger partial charge < -0.3 is 5.32 Å². The van der Waals surface area contributed by atoms with Crippen molar-refractivity contribution in [2.45, 2.75) is 20.0 Å².